The first-order valence-electron chi connectivity index (χ1n) is 10.4. The van der Waals surface area contributed by atoms with E-state index < -0.39 is 5.54 Å². The number of nitrogens with one attached hydrogen (secondary N) is 1. The molecule has 168 valence electrons. The van der Waals surface area contributed by atoms with E-state index in [-0.39, 0.29) is 11.7 Å². The van der Waals surface area contributed by atoms with Crippen LogP contribution in [-0.4, -0.2) is 16.8 Å². The fourth-order valence-electron chi connectivity index (χ4n) is 3.41. The number of anilines is 1. The highest BCUT2D eigenvalue weighted by Gasteiger charge is 2.32. The first-order valence-corrected chi connectivity index (χ1v) is 11.3. The second-order valence-electron chi connectivity index (χ2n) is 7.97. The summed E-state index contributed by atoms with van der Waals surface area (Å²) in [6.07, 6.45) is 0.707. The molecular weight excluding hydrogens is 425 g/mol. The maximum Gasteiger partial charge on any atom is 0.221 e. The number of amidine groups is 1. The van der Waals surface area contributed by atoms with E-state index in [0.29, 0.717) is 22.8 Å². The molecule has 0 radical (unpaired) electrons. The Labute approximate surface area is 192 Å². The molecule has 0 saturated carbocycles. The van der Waals surface area contributed by atoms with Gasteiger partial charge in [0, 0.05) is 29.5 Å². The molecule has 2 heterocycles. The van der Waals surface area contributed by atoms with Crippen LogP contribution in [0.15, 0.2) is 64.0 Å². The van der Waals surface area contributed by atoms with Crippen LogP contribution in [0.4, 0.5) is 10.1 Å². The number of nitrogens with zero attached hydrogens (tertiary/aromatic N) is 1. The van der Waals surface area contributed by atoms with Gasteiger partial charge in [-0.25, -0.2) is 4.39 Å². The number of nitrogens with two attached hydrogens (primary N) is 1. The van der Waals surface area contributed by atoms with Crippen molar-refractivity contribution in [1.82, 2.24) is 0 Å². The van der Waals surface area contributed by atoms with Gasteiger partial charge in [0.15, 0.2) is 5.17 Å². The van der Waals surface area contributed by atoms with Gasteiger partial charge in [0.1, 0.15) is 17.3 Å². The Morgan fingerprint density at radius 2 is 1.88 bits per heavy atom. The number of amides is 1. The molecule has 5 nitrogen and oxygen atoms in total. The lowest BCUT2D eigenvalue weighted by molar-refractivity contribution is -0.114. The second-order valence-corrected chi connectivity index (χ2v) is 9.09. The van der Waals surface area contributed by atoms with Crippen LogP contribution in [0.25, 0.3) is 11.3 Å². The third kappa shape index (κ3) is 6.01. The summed E-state index contributed by atoms with van der Waals surface area (Å²) in [5, 5.41) is 3.12. The molecule has 3 aromatic rings. The average Bonchev–Trinajstić information content (AvgIpc) is 3.16. The number of carbonyl (C=O) groups excluding carboxylic acids is 1. The van der Waals surface area contributed by atoms with Gasteiger partial charge < -0.3 is 15.5 Å². The predicted octanol–water partition coefficient (Wildman–Crippen LogP) is 6.01. The Hall–Kier alpha value is -3.06. The molecule has 2 aromatic carbocycles. The largest absolute Gasteiger partial charge is 0.461 e. The number of benzene rings is 2. The molecule has 1 amide bonds. The Balaban J connectivity index is 0.000000193. The van der Waals surface area contributed by atoms with E-state index in [2.05, 4.69) is 41.5 Å². The molecule has 0 fully saturated rings. The van der Waals surface area contributed by atoms with Crippen LogP contribution in [0, 0.1) is 19.7 Å². The van der Waals surface area contributed by atoms with E-state index in [1.54, 1.807) is 6.07 Å². The zero-order chi connectivity index (χ0) is 23.3. The smallest absolute Gasteiger partial charge is 0.221 e. The van der Waals surface area contributed by atoms with E-state index in [1.807, 2.05) is 26.0 Å². The molecule has 0 spiro atoms. The Morgan fingerprint density at radius 3 is 2.47 bits per heavy atom. The molecule has 0 saturated heterocycles. The molecule has 0 bridgehead atoms. The van der Waals surface area contributed by atoms with E-state index >= 15 is 0 Å². The zero-order valence-electron chi connectivity index (χ0n) is 18.7. The lowest BCUT2D eigenvalue weighted by atomic mass is 9.89. The summed E-state index contributed by atoms with van der Waals surface area (Å²) in [5.74, 6) is 2.17. The number of hydrogen-bond acceptors (Lipinski definition) is 5. The van der Waals surface area contributed by atoms with Crippen molar-refractivity contribution in [2.24, 2.45) is 10.7 Å². The lowest BCUT2D eigenvalue weighted by Crippen LogP contribution is -2.29. The molecule has 3 N–H and O–H groups in total. The van der Waals surface area contributed by atoms with Gasteiger partial charge in [0.05, 0.1) is 5.54 Å². The number of rotatable bonds is 3. The molecule has 4 rings (SSSR count). The highest BCUT2D eigenvalue weighted by atomic mass is 32.2. The van der Waals surface area contributed by atoms with Gasteiger partial charge in [-0.05, 0) is 57.5 Å². The van der Waals surface area contributed by atoms with Crippen LogP contribution in [0.5, 0.6) is 0 Å². The van der Waals surface area contributed by atoms with Gasteiger partial charge in [-0.1, -0.05) is 41.6 Å². The number of aryl methyl sites for hydroxylation is 2. The molecule has 7 heteroatoms. The average molecular weight is 454 g/mol. The normalized spacial score (nSPS) is 17.7. The SMILES string of the molecule is CC(=O)Nc1ccc(F)c(C2(C)CCSC(N)=N2)c1.Cc1ccc(-c2ccc(C)o2)cc1. The maximum absolute atomic E-state index is 14.0. The van der Waals surface area contributed by atoms with Crippen molar-refractivity contribution in [1.29, 1.82) is 0 Å². The molecule has 1 aromatic heterocycles. The Kier molecular flexibility index (Phi) is 7.40. The number of carbonyl (C=O) groups is 1. The third-order valence-corrected chi connectivity index (χ3v) is 5.93. The quantitative estimate of drug-likeness (QED) is 0.509. The molecule has 1 unspecified atom stereocenters. The molecular formula is C25H28FN3O2S. The minimum atomic E-state index is -0.673. The Bertz CT molecular complexity index is 1120. The van der Waals surface area contributed by atoms with Crippen molar-refractivity contribution < 1.29 is 13.6 Å². The van der Waals surface area contributed by atoms with Crippen LogP contribution in [-0.2, 0) is 10.3 Å². The fraction of sp³-hybridized carbons (Fsp3) is 0.280. The maximum atomic E-state index is 14.0. The molecule has 32 heavy (non-hydrogen) atoms. The summed E-state index contributed by atoms with van der Waals surface area (Å²) in [6, 6.07) is 16.8. The van der Waals surface area contributed by atoms with Gasteiger partial charge in [0.2, 0.25) is 5.91 Å². The van der Waals surface area contributed by atoms with E-state index in [4.69, 9.17) is 10.2 Å². The van der Waals surface area contributed by atoms with Crippen LogP contribution in [0.1, 0.15) is 37.2 Å². The van der Waals surface area contributed by atoms with Crippen LogP contribution >= 0.6 is 11.8 Å². The van der Waals surface area contributed by atoms with Gasteiger partial charge in [-0.2, -0.15) is 0 Å². The minimum Gasteiger partial charge on any atom is -0.461 e. The lowest BCUT2D eigenvalue weighted by Gasteiger charge is -2.30. The number of hydrogen-bond donors (Lipinski definition) is 2. The summed E-state index contributed by atoms with van der Waals surface area (Å²) < 4.78 is 19.5. The summed E-state index contributed by atoms with van der Waals surface area (Å²) in [6.45, 7) is 7.31. The van der Waals surface area contributed by atoms with Gasteiger partial charge in [0.25, 0.3) is 0 Å². The van der Waals surface area contributed by atoms with Crippen molar-refractivity contribution in [3.63, 3.8) is 0 Å². The van der Waals surface area contributed by atoms with Crippen molar-refractivity contribution in [2.45, 2.75) is 39.7 Å². The van der Waals surface area contributed by atoms with Crippen molar-refractivity contribution in [3.8, 4) is 11.3 Å². The van der Waals surface area contributed by atoms with E-state index in [0.717, 1.165) is 22.8 Å². The minimum absolute atomic E-state index is 0.190. The molecule has 1 aliphatic heterocycles. The van der Waals surface area contributed by atoms with Gasteiger partial charge in [-0.15, -0.1) is 0 Å². The highest BCUT2D eigenvalue weighted by molar-refractivity contribution is 8.13. The molecule has 1 atom stereocenters. The number of furan rings is 1. The van der Waals surface area contributed by atoms with Crippen molar-refractivity contribution in [2.75, 3.05) is 11.1 Å². The zero-order valence-corrected chi connectivity index (χ0v) is 19.6. The highest BCUT2D eigenvalue weighted by Crippen LogP contribution is 2.37. The van der Waals surface area contributed by atoms with Crippen LogP contribution < -0.4 is 11.1 Å². The van der Waals surface area contributed by atoms with Crippen molar-refractivity contribution >= 4 is 28.5 Å². The summed E-state index contributed by atoms with van der Waals surface area (Å²) >= 11 is 1.47. The van der Waals surface area contributed by atoms with E-state index in [1.165, 1.54) is 36.4 Å². The summed E-state index contributed by atoms with van der Waals surface area (Å²) in [7, 11) is 0. The predicted molar refractivity (Wildman–Crippen MR) is 130 cm³/mol. The summed E-state index contributed by atoms with van der Waals surface area (Å²) in [4.78, 5) is 15.4. The first kappa shape index (κ1) is 23.6. The molecule has 0 aliphatic carbocycles. The summed E-state index contributed by atoms with van der Waals surface area (Å²) in [5.41, 5.74) is 8.50. The Morgan fingerprint density at radius 1 is 1.16 bits per heavy atom. The number of halogens is 1. The number of aliphatic imine (C=N–C) groups is 1. The monoisotopic (exact) mass is 453 g/mol. The van der Waals surface area contributed by atoms with Gasteiger partial charge >= 0.3 is 0 Å². The van der Waals surface area contributed by atoms with Crippen molar-refractivity contribution in [3.05, 3.63) is 77.3 Å². The van der Waals surface area contributed by atoms with E-state index in [9.17, 15) is 9.18 Å². The van der Waals surface area contributed by atoms with Gasteiger partial charge in [-0.3, -0.25) is 9.79 Å². The first-order chi connectivity index (χ1) is 15.2. The standard InChI is InChI=1S/C13H16FN3OS.C12H12O/c1-8(18)16-9-3-4-11(14)10(7-9)13(2)5-6-19-12(15)17-13;1-9-3-6-11(7-4-9)12-8-5-10(2)13-12/h3-4,7H,5-6H2,1-2H3,(H2,15,17)(H,16,18);3-8H,1-2H3. The third-order valence-electron chi connectivity index (χ3n) is 5.14. The topological polar surface area (TPSA) is 80.6 Å². The van der Waals surface area contributed by atoms with Crippen LogP contribution in [0.3, 0.4) is 0 Å². The van der Waals surface area contributed by atoms with Crippen LogP contribution in [0.2, 0.25) is 0 Å². The molecule has 1 aliphatic rings. The second kappa shape index (κ2) is 10.0. The number of thioether (sulfide) groups is 1. The fourth-order valence-corrected chi connectivity index (χ4v) is 4.38.